The fourth-order valence-corrected chi connectivity index (χ4v) is 2.09. The molecular formula is C14H14BrNO3. The summed E-state index contributed by atoms with van der Waals surface area (Å²) in [5.41, 5.74) is 0.861. The highest BCUT2D eigenvalue weighted by Gasteiger charge is 2.06. The quantitative estimate of drug-likeness (QED) is 0.868. The monoisotopic (exact) mass is 323 g/mol. The van der Waals surface area contributed by atoms with Crippen molar-refractivity contribution in [1.82, 2.24) is 4.57 Å². The number of benzene rings is 1. The van der Waals surface area contributed by atoms with E-state index in [-0.39, 0.29) is 5.56 Å². The summed E-state index contributed by atoms with van der Waals surface area (Å²) >= 11 is 3.27. The van der Waals surface area contributed by atoms with E-state index in [2.05, 4.69) is 15.9 Å². The van der Waals surface area contributed by atoms with Gasteiger partial charge in [0.15, 0.2) is 0 Å². The Bertz CT molecular complexity index is 637. The van der Waals surface area contributed by atoms with Gasteiger partial charge >= 0.3 is 0 Å². The molecule has 2 aromatic rings. The molecule has 0 N–H and O–H groups in total. The molecule has 19 heavy (non-hydrogen) atoms. The molecule has 0 unspecified atom stereocenters. The summed E-state index contributed by atoms with van der Waals surface area (Å²) in [5.74, 6) is 1.43. The van der Waals surface area contributed by atoms with Crippen LogP contribution < -0.4 is 15.0 Å². The predicted molar refractivity (Wildman–Crippen MR) is 77.1 cm³/mol. The molecule has 0 aliphatic rings. The first-order valence-corrected chi connectivity index (χ1v) is 6.50. The molecule has 0 amide bonds. The van der Waals surface area contributed by atoms with E-state index in [1.165, 1.54) is 6.07 Å². The van der Waals surface area contributed by atoms with Crippen LogP contribution in [-0.4, -0.2) is 18.8 Å². The van der Waals surface area contributed by atoms with E-state index >= 15 is 0 Å². The molecule has 0 atom stereocenters. The number of hydrogen-bond acceptors (Lipinski definition) is 3. The topological polar surface area (TPSA) is 40.5 Å². The zero-order valence-corrected chi connectivity index (χ0v) is 12.3. The van der Waals surface area contributed by atoms with Crippen LogP contribution in [0.25, 0.3) is 0 Å². The zero-order valence-electron chi connectivity index (χ0n) is 10.7. The maximum atomic E-state index is 11.8. The third kappa shape index (κ3) is 3.17. The Balaban J connectivity index is 2.35. The van der Waals surface area contributed by atoms with Crippen LogP contribution in [0.1, 0.15) is 5.56 Å². The second-order valence-corrected chi connectivity index (χ2v) is 4.90. The van der Waals surface area contributed by atoms with E-state index < -0.39 is 0 Å². The van der Waals surface area contributed by atoms with Gasteiger partial charge in [-0.25, -0.2) is 0 Å². The lowest BCUT2D eigenvalue weighted by atomic mass is 10.2. The first kappa shape index (κ1) is 13.7. The van der Waals surface area contributed by atoms with Crippen LogP contribution >= 0.6 is 15.9 Å². The van der Waals surface area contributed by atoms with Crippen molar-refractivity contribution < 1.29 is 9.47 Å². The second kappa shape index (κ2) is 5.93. The van der Waals surface area contributed by atoms with Crippen LogP contribution in [-0.2, 0) is 6.54 Å². The molecule has 0 aliphatic carbocycles. The molecule has 0 radical (unpaired) electrons. The van der Waals surface area contributed by atoms with Crippen LogP contribution in [0.4, 0.5) is 0 Å². The first-order valence-electron chi connectivity index (χ1n) is 5.71. The van der Waals surface area contributed by atoms with Crippen molar-refractivity contribution in [2.45, 2.75) is 6.54 Å². The first-order chi connectivity index (χ1) is 9.13. The minimum Gasteiger partial charge on any atom is -0.497 e. The maximum absolute atomic E-state index is 11.8. The molecule has 0 spiro atoms. The number of halogens is 1. The molecule has 1 heterocycles. The standard InChI is InChI=1S/C14H14BrNO3/c1-18-12-4-3-10(13(8-12)19-2)9-16-6-5-11(15)7-14(16)17/h3-8H,9H2,1-2H3. The highest BCUT2D eigenvalue weighted by atomic mass is 79.9. The lowest BCUT2D eigenvalue weighted by Gasteiger charge is -2.11. The number of aromatic nitrogens is 1. The Morgan fingerprint density at radius 1 is 1.16 bits per heavy atom. The predicted octanol–water partition coefficient (Wildman–Crippen LogP) is 2.68. The number of hydrogen-bond donors (Lipinski definition) is 0. The number of rotatable bonds is 4. The molecule has 5 heteroatoms. The van der Waals surface area contributed by atoms with Crippen molar-refractivity contribution in [3.05, 3.63) is 56.9 Å². The van der Waals surface area contributed by atoms with Crippen molar-refractivity contribution >= 4 is 15.9 Å². The molecule has 0 bridgehead atoms. The summed E-state index contributed by atoms with van der Waals surface area (Å²) in [6.45, 7) is 0.458. The fourth-order valence-electron chi connectivity index (χ4n) is 1.78. The molecule has 1 aromatic heterocycles. The van der Waals surface area contributed by atoms with Crippen LogP contribution in [0, 0.1) is 0 Å². The number of ether oxygens (including phenoxy) is 2. The van der Waals surface area contributed by atoms with Crippen molar-refractivity contribution in [3.63, 3.8) is 0 Å². The van der Waals surface area contributed by atoms with Crippen LogP contribution in [0.3, 0.4) is 0 Å². The van der Waals surface area contributed by atoms with Crippen LogP contribution in [0.15, 0.2) is 45.8 Å². The van der Waals surface area contributed by atoms with Gasteiger partial charge in [0, 0.05) is 28.4 Å². The van der Waals surface area contributed by atoms with E-state index in [9.17, 15) is 4.79 Å². The third-order valence-corrected chi connectivity index (χ3v) is 3.29. The minimum atomic E-state index is -0.0627. The number of methoxy groups -OCH3 is 2. The van der Waals surface area contributed by atoms with Gasteiger partial charge in [-0.3, -0.25) is 4.79 Å². The average molecular weight is 324 g/mol. The van der Waals surface area contributed by atoms with Gasteiger partial charge in [0.1, 0.15) is 11.5 Å². The lowest BCUT2D eigenvalue weighted by Crippen LogP contribution is -2.19. The van der Waals surface area contributed by atoms with Crippen LogP contribution in [0.5, 0.6) is 11.5 Å². The van der Waals surface area contributed by atoms with Crippen molar-refractivity contribution in [3.8, 4) is 11.5 Å². The minimum absolute atomic E-state index is 0.0627. The summed E-state index contributed by atoms with van der Waals surface area (Å²) in [6.07, 6.45) is 1.75. The highest BCUT2D eigenvalue weighted by molar-refractivity contribution is 9.10. The summed E-state index contributed by atoms with van der Waals surface area (Å²) in [4.78, 5) is 11.8. The molecule has 4 nitrogen and oxygen atoms in total. The highest BCUT2D eigenvalue weighted by Crippen LogP contribution is 2.25. The van der Waals surface area contributed by atoms with E-state index in [1.807, 2.05) is 18.2 Å². The number of pyridine rings is 1. The van der Waals surface area contributed by atoms with E-state index in [4.69, 9.17) is 9.47 Å². The largest absolute Gasteiger partial charge is 0.497 e. The Hall–Kier alpha value is -1.75. The molecule has 1 aromatic carbocycles. The summed E-state index contributed by atoms with van der Waals surface area (Å²) in [6, 6.07) is 8.92. The summed E-state index contributed by atoms with van der Waals surface area (Å²) in [5, 5.41) is 0. The van der Waals surface area contributed by atoms with E-state index in [1.54, 1.807) is 31.0 Å². The zero-order chi connectivity index (χ0) is 13.8. The molecule has 0 saturated carbocycles. The molecule has 0 fully saturated rings. The van der Waals surface area contributed by atoms with Crippen molar-refractivity contribution in [2.75, 3.05) is 14.2 Å². The average Bonchev–Trinajstić information content (AvgIpc) is 2.42. The molecular weight excluding hydrogens is 310 g/mol. The second-order valence-electron chi connectivity index (χ2n) is 3.99. The molecule has 100 valence electrons. The summed E-state index contributed by atoms with van der Waals surface area (Å²) < 4.78 is 12.9. The Morgan fingerprint density at radius 2 is 1.95 bits per heavy atom. The van der Waals surface area contributed by atoms with Gasteiger partial charge in [0.2, 0.25) is 0 Å². The SMILES string of the molecule is COc1ccc(Cn2ccc(Br)cc2=O)c(OC)c1. The molecule has 0 aliphatic heterocycles. The Kier molecular flexibility index (Phi) is 4.27. The normalized spacial score (nSPS) is 10.3. The summed E-state index contributed by atoms with van der Waals surface area (Å²) in [7, 11) is 3.20. The smallest absolute Gasteiger partial charge is 0.251 e. The van der Waals surface area contributed by atoms with Gasteiger partial charge in [-0.05, 0) is 18.2 Å². The maximum Gasteiger partial charge on any atom is 0.251 e. The van der Waals surface area contributed by atoms with Gasteiger partial charge in [-0.1, -0.05) is 15.9 Å². The Morgan fingerprint density at radius 3 is 2.58 bits per heavy atom. The van der Waals surface area contributed by atoms with Gasteiger partial charge in [0.25, 0.3) is 5.56 Å². The fraction of sp³-hybridized carbons (Fsp3) is 0.214. The van der Waals surface area contributed by atoms with Gasteiger partial charge < -0.3 is 14.0 Å². The van der Waals surface area contributed by atoms with Crippen molar-refractivity contribution in [2.24, 2.45) is 0 Å². The van der Waals surface area contributed by atoms with Crippen LogP contribution in [0.2, 0.25) is 0 Å². The van der Waals surface area contributed by atoms with Crippen molar-refractivity contribution in [1.29, 1.82) is 0 Å². The van der Waals surface area contributed by atoms with E-state index in [0.717, 1.165) is 15.8 Å². The Labute approximate surface area is 119 Å². The lowest BCUT2D eigenvalue weighted by molar-refractivity contribution is 0.390. The van der Waals surface area contributed by atoms with E-state index in [0.29, 0.717) is 12.3 Å². The molecule has 2 rings (SSSR count). The third-order valence-electron chi connectivity index (χ3n) is 2.79. The number of nitrogens with zero attached hydrogens (tertiary/aromatic N) is 1. The molecule has 0 saturated heterocycles. The van der Waals surface area contributed by atoms with Gasteiger partial charge in [-0.2, -0.15) is 0 Å². The van der Waals surface area contributed by atoms with Gasteiger partial charge in [0.05, 0.1) is 20.8 Å². The van der Waals surface area contributed by atoms with Gasteiger partial charge in [-0.15, -0.1) is 0 Å².